The van der Waals surface area contributed by atoms with Crippen LogP contribution in [0.5, 0.6) is 0 Å². The van der Waals surface area contributed by atoms with Crippen molar-refractivity contribution in [1.82, 2.24) is 4.31 Å². The van der Waals surface area contributed by atoms with Crippen LogP contribution in [0.1, 0.15) is 5.56 Å². The summed E-state index contributed by atoms with van der Waals surface area (Å²) in [5.41, 5.74) is 6.77. The van der Waals surface area contributed by atoms with Gasteiger partial charge in [-0.05, 0) is 24.6 Å². The van der Waals surface area contributed by atoms with E-state index in [0.717, 1.165) is 0 Å². The van der Waals surface area contributed by atoms with Gasteiger partial charge in [0.2, 0.25) is 10.0 Å². The lowest BCUT2D eigenvalue weighted by Crippen LogP contribution is -2.27. The summed E-state index contributed by atoms with van der Waals surface area (Å²) in [6.45, 7) is 5.47. The van der Waals surface area contributed by atoms with E-state index in [-0.39, 0.29) is 11.4 Å². The Morgan fingerprint density at radius 2 is 2.12 bits per heavy atom. The second-order valence-corrected chi connectivity index (χ2v) is 6.62. The van der Waals surface area contributed by atoms with E-state index in [4.69, 9.17) is 5.73 Å². The number of hydrogen-bond acceptors (Lipinski definition) is 3. The van der Waals surface area contributed by atoms with Gasteiger partial charge in [0.25, 0.3) is 0 Å². The molecule has 17 heavy (non-hydrogen) atoms. The molecule has 0 unspecified atom stereocenters. The van der Waals surface area contributed by atoms with Crippen molar-refractivity contribution in [2.24, 2.45) is 0 Å². The molecule has 0 saturated heterocycles. The number of anilines is 1. The maximum Gasteiger partial charge on any atom is 0.243 e. The first-order chi connectivity index (χ1) is 7.80. The summed E-state index contributed by atoms with van der Waals surface area (Å²) in [6.07, 6.45) is 1.54. The van der Waals surface area contributed by atoms with E-state index in [1.807, 2.05) is 0 Å². The van der Waals surface area contributed by atoms with Gasteiger partial charge in [-0.15, -0.1) is 6.58 Å². The molecule has 0 atom stereocenters. The molecule has 1 aromatic carbocycles. The van der Waals surface area contributed by atoms with Crippen LogP contribution in [0.25, 0.3) is 0 Å². The van der Waals surface area contributed by atoms with Gasteiger partial charge in [-0.3, -0.25) is 0 Å². The largest absolute Gasteiger partial charge is 0.398 e. The van der Waals surface area contributed by atoms with Gasteiger partial charge in [0.05, 0.1) is 4.90 Å². The topological polar surface area (TPSA) is 63.4 Å². The molecule has 0 aliphatic carbocycles. The molecule has 1 aromatic rings. The molecular weight excluding hydrogens is 304 g/mol. The standard InChI is InChI=1S/C11H15BrN2O2S/c1-4-5-14(3)17(15,16)11-7-9(12)6-10(13)8(11)2/h4,6-7H,1,5,13H2,2-3H3. The van der Waals surface area contributed by atoms with Gasteiger partial charge >= 0.3 is 0 Å². The third-order valence-electron chi connectivity index (χ3n) is 2.44. The number of nitrogens with two attached hydrogens (primary N) is 1. The maximum absolute atomic E-state index is 12.2. The fourth-order valence-electron chi connectivity index (χ4n) is 1.39. The van der Waals surface area contributed by atoms with Gasteiger partial charge in [-0.2, -0.15) is 4.31 Å². The van der Waals surface area contributed by atoms with Crippen LogP contribution in [0, 0.1) is 6.92 Å². The van der Waals surface area contributed by atoms with Crippen molar-refractivity contribution in [3.63, 3.8) is 0 Å². The van der Waals surface area contributed by atoms with Crippen LogP contribution in [0.4, 0.5) is 5.69 Å². The average Bonchev–Trinajstić information content (AvgIpc) is 2.23. The lowest BCUT2D eigenvalue weighted by Gasteiger charge is -2.18. The normalized spacial score (nSPS) is 11.8. The number of sulfonamides is 1. The molecule has 0 aliphatic rings. The highest BCUT2D eigenvalue weighted by atomic mass is 79.9. The summed E-state index contributed by atoms with van der Waals surface area (Å²) < 4.78 is 26.4. The summed E-state index contributed by atoms with van der Waals surface area (Å²) in [5, 5.41) is 0. The molecule has 0 aliphatic heterocycles. The number of benzene rings is 1. The fourth-order valence-corrected chi connectivity index (χ4v) is 3.44. The summed E-state index contributed by atoms with van der Waals surface area (Å²) in [6, 6.07) is 3.24. The van der Waals surface area contributed by atoms with Crippen LogP contribution in [-0.2, 0) is 10.0 Å². The van der Waals surface area contributed by atoms with E-state index in [1.54, 1.807) is 19.1 Å². The van der Waals surface area contributed by atoms with Gasteiger partial charge in [0.15, 0.2) is 0 Å². The van der Waals surface area contributed by atoms with E-state index in [2.05, 4.69) is 22.5 Å². The van der Waals surface area contributed by atoms with Crippen LogP contribution < -0.4 is 5.73 Å². The Labute approximate surface area is 110 Å². The summed E-state index contributed by atoms with van der Waals surface area (Å²) in [7, 11) is -2.02. The lowest BCUT2D eigenvalue weighted by atomic mass is 10.2. The zero-order valence-corrected chi connectivity index (χ0v) is 12.2. The van der Waals surface area contributed by atoms with Crippen molar-refractivity contribution in [2.45, 2.75) is 11.8 Å². The van der Waals surface area contributed by atoms with Gasteiger partial charge in [0, 0.05) is 23.8 Å². The first-order valence-electron chi connectivity index (χ1n) is 4.93. The smallest absolute Gasteiger partial charge is 0.243 e. The van der Waals surface area contributed by atoms with Gasteiger partial charge in [0.1, 0.15) is 0 Å². The third kappa shape index (κ3) is 2.88. The number of likely N-dealkylation sites (N-methyl/N-ethyl adjacent to an activating group) is 1. The number of nitrogens with zero attached hydrogens (tertiary/aromatic N) is 1. The number of halogens is 1. The average molecular weight is 319 g/mol. The molecule has 0 bridgehead atoms. The van der Waals surface area contributed by atoms with Crippen molar-refractivity contribution >= 4 is 31.6 Å². The molecule has 0 fully saturated rings. The zero-order chi connectivity index (χ0) is 13.2. The highest BCUT2D eigenvalue weighted by molar-refractivity contribution is 9.10. The number of hydrogen-bond donors (Lipinski definition) is 1. The van der Waals surface area contributed by atoms with E-state index in [0.29, 0.717) is 15.7 Å². The Kier molecular flexibility index (Phi) is 4.35. The Morgan fingerprint density at radius 1 is 1.53 bits per heavy atom. The van der Waals surface area contributed by atoms with E-state index >= 15 is 0 Å². The van der Waals surface area contributed by atoms with Crippen LogP contribution >= 0.6 is 15.9 Å². The predicted molar refractivity (Wildman–Crippen MR) is 73.3 cm³/mol. The Hall–Kier alpha value is -0.850. The SMILES string of the molecule is C=CCN(C)S(=O)(=O)c1cc(Br)cc(N)c1C. The maximum atomic E-state index is 12.2. The summed E-state index contributed by atoms with van der Waals surface area (Å²) in [5.74, 6) is 0. The van der Waals surface area contributed by atoms with Crippen molar-refractivity contribution in [3.8, 4) is 0 Å². The zero-order valence-electron chi connectivity index (χ0n) is 9.77. The first-order valence-corrected chi connectivity index (χ1v) is 7.17. The van der Waals surface area contributed by atoms with Crippen molar-refractivity contribution < 1.29 is 8.42 Å². The van der Waals surface area contributed by atoms with Crippen LogP contribution in [0.2, 0.25) is 0 Å². The molecule has 4 nitrogen and oxygen atoms in total. The molecule has 0 spiro atoms. The molecule has 0 radical (unpaired) electrons. The monoisotopic (exact) mass is 318 g/mol. The fraction of sp³-hybridized carbons (Fsp3) is 0.273. The molecular formula is C11H15BrN2O2S. The molecule has 94 valence electrons. The molecule has 0 aromatic heterocycles. The van der Waals surface area contributed by atoms with Crippen LogP contribution in [-0.4, -0.2) is 26.3 Å². The minimum atomic E-state index is -3.52. The Bertz CT molecular complexity index is 541. The molecule has 6 heteroatoms. The molecule has 0 heterocycles. The molecule has 1 rings (SSSR count). The third-order valence-corrected chi connectivity index (χ3v) is 4.85. The van der Waals surface area contributed by atoms with Crippen molar-refractivity contribution in [2.75, 3.05) is 19.3 Å². The lowest BCUT2D eigenvalue weighted by molar-refractivity contribution is 0.499. The highest BCUT2D eigenvalue weighted by Gasteiger charge is 2.23. The van der Waals surface area contributed by atoms with E-state index in [9.17, 15) is 8.42 Å². The van der Waals surface area contributed by atoms with Crippen LogP contribution in [0.3, 0.4) is 0 Å². The summed E-state index contributed by atoms with van der Waals surface area (Å²) in [4.78, 5) is 0.216. The Morgan fingerprint density at radius 3 is 2.65 bits per heavy atom. The second kappa shape index (κ2) is 5.20. The molecule has 0 amide bonds. The Balaban J connectivity index is 3.38. The van der Waals surface area contributed by atoms with E-state index in [1.165, 1.54) is 17.4 Å². The van der Waals surface area contributed by atoms with E-state index < -0.39 is 10.0 Å². The summed E-state index contributed by atoms with van der Waals surface area (Å²) >= 11 is 3.24. The minimum absolute atomic E-state index is 0.216. The van der Waals surface area contributed by atoms with Crippen molar-refractivity contribution in [1.29, 1.82) is 0 Å². The molecule has 0 saturated carbocycles. The van der Waals surface area contributed by atoms with Crippen LogP contribution in [0.15, 0.2) is 34.2 Å². The second-order valence-electron chi connectivity index (χ2n) is 3.69. The predicted octanol–water partition coefficient (Wildman–Crippen LogP) is 2.15. The minimum Gasteiger partial charge on any atom is -0.398 e. The number of nitrogen functional groups attached to an aromatic ring is 1. The quantitative estimate of drug-likeness (QED) is 0.683. The van der Waals surface area contributed by atoms with Gasteiger partial charge in [-0.25, -0.2) is 8.42 Å². The van der Waals surface area contributed by atoms with Gasteiger partial charge in [-0.1, -0.05) is 22.0 Å². The first kappa shape index (κ1) is 14.2. The molecule has 2 N–H and O–H groups in total. The highest BCUT2D eigenvalue weighted by Crippen LogP contribution is 2.27. The number of rotatable bonds is 4. The van der Waals surface area contributed by atoms with Crippen molar-refractivity contribution in [3.05, 3.63) is 34.8 Å². The van der Waals surface area contributed by atoms with Gasteiger partial charge < -0.3 is 5.73 Å².